The van der Waals surface area contributed by atoms with Gasteiger partial charge in [-0.05, 0) is 18.9 Å². The van der Waals surface area contributed by atoms with Crippen LogP contribution in [0.5, 0.6) is 0 Å². The predicted octanol–water partition coefficient (Wildman–Crippen LogP) is 1.58. The summed E-state index contributed by atoms with van der Waals surface area (Å²) in [5.74, 6) is -0.186. The van der Waals surface area contributed by atoms with Crippen LogP contribution in [0.2, 0.25) is 0 Å². The van der Waals surface area contributed by atoms with Crippen molar-refractivity contribution in [3.8, 4) is 0 Å². The molecule has 19 heavy (non-hydrogen) atoms. The van der Waals surface area contributed by atoms with E-state index in [1.54, 1.807) is 11.0 Å². The van der Waals surface area contributed by atoms with Gasteiger partial charge in [0.1, 0.15) is 0 Å². The topological polar surface area (TPSA) is 89.5 Å². The maximum absolute atomic E-state index is 12.2. The van der Waals surface area contributed by atoms with E-state index in [0.717, 1.165) is 12.8 Å². The first-order chi connectivity index (χ1) is 8.58. The summed E-state index contributed by atoms with van der Waals surface area (Å²) in [5, 5.41) is 10.7. The van der Waals surface area contributed by atoms with Crippen LogP contribution in [0.3, 0.4) is 0 Å². The normalized spacial score (nSPS) is 18.6. The average Bonchev–Trinajstić information content (AvgIpc) is 2.38. The molecule has 1 heterocycles. The number of benzene rings is 1. The van der Waals surface area contributed by atoms with Gasteiger partial charge < -0.3 is 10.6 Å². The second-order valence-electron chi connectivity index (χ2n) is 4.46. The second kappa shape index (κ2) is 6.49. The number of hydrogen-bond donors (Lipinski definition) is 1. The van der Waals surface area contributed by atoms with Gasteiger partial charge in [0, 0.05) is 36.8 Å². The third kappa shape index (κ3) is 3.65. The van der Waals surface area contributed by atoms with Crippen molar-refractivity contribution in [1.29, 1.82) is 0 Å². The van der Waals surface area contributed by atoms with E-state index in [2.05, 4.69) is 0 Å². The first-order valence-electron chi connectivity index (χ1n) is 5.87. The van der Waals surface area contributed by atoms with Gasteiger partial charge in [-0.25, -0.2) is 0 Å². The number of likely N-dealkylation sites (tertiary alicyclic amines) is 1. The van der Waals surface area contributed by atoms with E-state index in [0.29, 0.717) is 18.7 Å². The molecule has 1 amide bonds. The van der Waals surface area contributed by atoms with E-state index in [1.807, 2.05) is 0 Å². The number of carbonyl (C=O) groups excluding carboxylic acids is 1. The van der Waals surface area contributed by atoms with Crippen molar-refractivity contribution in [1.82, 2.24) is 4.90 Å². The van der Waals surface area contributed by atoms with Gasteiger partial charge in [0.25, 0.3) is 11.6 Å². The molecule has 1 aliphatic rings. The van der Waals surface area contributed by atoms with E-state index >= 15 is 0 Å². The molecule has 0 radical (unpaired) electrons. The highest BCUT2D eigenvalue weighted by Gasteiger charge is 2.23. The molecule has 0 saturated carbocycles. The number of amides is 1. The lowest BCUT2D eigenvalue weighted by Gasteiger charge is -2.30. The Kier molecular flexibility index (Phi) is 5.26. The molecule has 0 spiro atoms. The lowest BCUT2D eigenvalue weighted by atomic mass is 10.1. The molecule has 104 valence electrons. The molecule has 2 N–H and O–H groups in total. The van der Waals surface area contributed by atoms with Gasteiger partial charge in [-0.2, -0.15) is 0 Å². The van der Waals surface area contributed by atoms with Crippen LogP contribution in [0.15, 0.2) is 24.3 Å². The minimum absolute atomic E-state index is 0. The quantitative estimate of drug-likeness (QED) is 0.660. The first-order valence-corrected chi connectivity index (χ1v) is 5.87. The van der Waals surface area contributed by atoms with Gasteiger partial charge in [0.05, 0.1) is 4.92 Å². The van der Waals surface area contributed by atoms with E-state index in [9.17, 15) is 14.9 Å². The molecule has 0 aliphatic carbocycles. The zero-order chi connectivity index (χ0) is 13.1. The molecular formula is C12H16ClN3O3. The van der Waals surface area contributed by atoms with E-state index in [-0.39, 0.29) is 30.0 Å². The number of nitro benzene ring substituents is 1. The van der Waals surface area contributed by atoms with Crippen LogP contribution in [0.1, 0.15) is 23.2 Å². The van der Waals surface area contributed by atoms with Gasteiger partial charge in [-0.3, -0.25) is 14.9 Å². The summed E-state index contributed by atoms with van der Waals surface area (Å²) in [6.07, 6.45) is 1.79. The number of piperidine rings is 1. The SMILES string of the molecule is Cl.NC1CCCN(C(=O)c2cccc([N+](=O)[O-])c2)C1. The number of rotatable bonds is 2. The Balaban J connectivity index is 0.00000180. The molecule has 0 bridgehead atoms. The standard InChI is InChI=1S/C12H15N3O3.ClH/c13-10-4-2-6-14(8-10)12(16)9-3-1-5-11(7-9)15(17)18;/h1,3,5,7,10H,2,4,6,8,13H2;1H. The summed E-state index contributed by atoms with van der Waals surface area (Å²) in [7, 11) is 0. The van der Waals surface area contributed by atoms with Crippen LogP contribution in [-0.4, -0.2) is 34.9 Å². The summed E-state index contributed by atoms with van der Waals surface area (Å²) in [6, 6.07) is 5.80. The fourth-order valence-corrected chi connectivity index (χ4v) is 2.13. The summed E-state index contributed by atoms with van der Waals surface area (Å²) in [6.45, 7) is 1.18. The van der Waals surface area contributed by atoms with Gasteiger partial charge >= 0.3 is 0 Å². The Labute approximate surface area is 117 Å². The van der Waals surface area contributed by atoms with E-state index in [4.69, 9.17) is 5.73 Å². The Morgan fingerprint density at radius 3 is 2.84 bits per heavy atom. The van der Waals surface area contributed by atoms with Crippen LogP contribution in [0, 0.1) is 10.1 Å². The summed E-state index contributed by atoms with van der Waals surface area (Å²) in [4.78, 5) is 24.0. The average molecular weight is 286 g/mol. The molecule has 2 rings (SSSR count). The molecule has 1 aliphatic heterocycles. The van der Waals surface area contributed by atoms with Crippen molar-refractivity contribution >= 4 is 24.0 Å². The number of halogens is 1. The summed E-state index contributed by atoms with van der Waals surface area (Å²) < 4.78 is 0. The van der Waals surface area contributed by atoms with Gasteiger partial charge in [0.2, 0.25) is 0 Å². The Hall–Kier alpha value is -1.66. The van der Waals surface area contributed by atoms with Gasteiger partial charge in [-0.1, -0.05) is 6.07 Å². The Bertz CT molecular complexity index is 481. The number of nitro groups is 1. The molecule has 6 nitrogen and oxygen atoms in total. The molecule has 1 saturated heterocycles. The minimum atomic E-state index is -0.501. The lowest BCUT2D eigenvalue weighted by molar-refractivity contribution is -0.384. The van der Waals surface area contributed by atoms with Crippen LogP contribution >= 0.6 is 12.4 Å². The molecule has 1 unspecified atom stereocenters. The van der Waals surface area contributed by atoms with Gasteiger partial charge in [-0.15, -0.1) is 12.4 Å². The van der Waals surface area contributed by atoms with Crippen molar-refractivity contribution in [2.75, 3.05) is 13.1 Å². The Morgan fingerprint density at radius 2 is 2.21 bits per heavy atom. The number of hydrogen-bond acceptors (Lipinski definition) is 4. The highest BCUT2D eigenvalue weighted by atomic mass is 35.5. The molecule has 7 heteroatoms. The molecule has 1 aromatic rings. The maximum Gasteiger partial charge on any atom is 0.270 e. The smallest absolute Gasteiger partial charge is 0.270 e. The second-order valence-corrected chi connectivity index (χ2v) is 4.46. The number of nitrogens with two attached hydrogens (primary N) is 1. The van der Waals surface area contributed by atoms with Crippen LogP contribution < -0.4 is 5.73 Å². The molecule has 1 aromatic carbocycles. The van der Waals surface area contributed by atoms with Crippen LogP contribution in [0.4, 0.5) is 5.69 Å². The Morgan fingerprint density at radius 1 is 1.47 bits per heavy atom. The first kappa shape index (κ1) is 15.4. The predicted molar refractivity (Wildman–Crippen MR) is 73.5 cm³/mol. The molecule has 1 atom stereocenters. The fourth-order valence-electron chi connectivity index (χ4n) is 2.13. The molecule has 1 fully saturated rings. The molecule has 0 aromatic heterocycles. The summed E-state index contributed by atoms with van der Waals surface area (Å²) >= 11 is 0. The fraction of sp³-hybridized carbons (Fsp3) is 0.417. The van der Waals surface area contributed by atoms with Crippen molar-refractivity contribution in [3.63, 3.8) is 0 Å². The maximum atomic E-state index is 12.2. The van der Waals surface area contributed by atoms with Crippen molar-refractivity contribution in [2.24, 2.45) is 5.73 Å². The van der Waals surface area contributed by atoms with Crippen LogP contribution in [-0.2, 0) is 0 Å². The monoisotopic (exact) mass is 285 g/mol. The third-order valence-corrected chi connectivity index (χ3v) is 3.05. The number of nitrogens with zero attached hydrogens (tertiary/aromatic N) is 2. The van der Waals surface area contributed by atoms with Crippen molar-refractivity contribution in [3.05, 3.63) is 39.9 Å². The van der Waals surface area contributed by atoms with Crippen molar-refractivity contribution < 1.29 is 9.72 Å². The minimum Gasteiger partial charge on any atom is -0.337 e. The molecular weight excluding hydrogens is 270 g/mol. The number of carbonyl (C=O) groups is 1. The highest BCUT2D eigenvalue weighted by Crippen LogP contribution is 2.17. The number of non-ortho nitro benzene ring substituents is 1. The third-order valence-electron chi connectivity index (χ3n) is 3.05. The van der Waals surface area contributed by atoms with Crippen LogP contribution in [0.25, 0.3) is 0 Å². The zero-order valence-corrected chi connectivity index (χ0v) is 11.1. The van der Waals surface area contributed by atoms with Gasteiger partial charge in [0.15, 0.2) is 0 Å². The largest absolute Gasteiger partial charge is 0.337 e. The van der Waals surface area contributed by atoms with Crippen molar-refractivity contribution in [2.45, 2.75) is 18.9 Å². The lowest BCUT2D eigenvalue weighted by Crippen LogP contribution is -2.45. The van der Waals surface area contributed by atoms with E-state index < -0.39 is 4.92 Å². The highest BCUT2D eigenvalue weighted by molar-refractivity contribution is 5.94. The summed E-state index contributed by atoms with van der Waals surface area (Å²) in [5.41, 5.74) is 6.10. The van der Waals surface area contributed by atoms with E-state index in [1.165, 1.54) is 18.2 Å². The zero-order valence-electron chi connectivity index (χ0n) is 10.3.